The first-order valence-electron chi connectivity index (χ1n) is 12.6. The number of ether oxygens (including phenoxy) is 1. The Morgan fingerprint density at radius 3 is 2.59 bits per heavy atom. The molecule has 0 aliphatic carbocycles. The second-order valence-corrected chi connectivity index (χ2v) is 9.16. The molecule has 7 nitrogen and oxygen atoms in total. The Morgan fingerprint density at radius 2 is 1.81 bits per heavy atom. The lowest BCUT2D eigenvalue weighted by Gasteiger charge is -2.28. The van der Waals surface area contributed by atoms with Crippen LogP contribution < -0.4 is 10.2 Å². The summed E-state index contributed by atoms with van der Waals surface area (Å²) in [6.07, 6.45) is 7.19. The maximum Gasteiger partial charge on any atom is 0.244 e. The third-order valence-electron chi connectivity index (χ3n) is 6.33. The van der Waals surface area contributed by atoms with E-state index in [1.165, 1.54) is 11.1 Å². The van der Waals surface area contributed by atoms with Crippen LogP contribution in [-0.2, 0) is 22.6 Å². The number of rotatable bonds is 8. The predicted molar refractivity (Wildman–Crippen MR) is 146 cm³/mol. The van der Waals surface area contributed by atoms with E-state index in [0.717, 1.165) is 41.3 Å². The molecule has 188 valence electrons. The number of amides is 1. The molecule has 3 heterocycles. The van der Waals surface area contributed by atoms with Crippen LogP contribution in [0.4, 0.5) is 5.82 Å². The highest BCUT2D eigenvalue weighted by atomic mass is 16.5. The Labute approximate surface area is 217 Å². The zero-order valence-corrected chi connectivity index (χ0v) is 21.0. The summed E-state index contributed by atoms with van der Waals surface area (Å²) in [6.45, 7) is 6.23. The molecule has 7 heteroatoms. The quantitative estimate of drug-likeness (QED) is 0.367. The van der Waals surface area contributed by atoms with Gasteiger partial charge in [-0.1, -0.05) is 60.2 Å². The van der Waals surface area contributed by atoms with Gasteiger partial charge in [-0.2, -0.15) is 5.10 Å². The average Bonchev–Trinajstić information content (AvgIpc) is 3.34. The maximum absolute atomic E-state index is 12.7. The van der Waals surface area contributed by atoms with Crippen LogP contribution in [0.3, 0.4) is 0 Å². The van der Waals surface area contributed by atoms with Crippen molar-refractivity contribution < 1.29 is 9.53 Å². The normalized spacial score (nSPS) is 13.7. The molecule has 1 N–H and O–H groups in total. The molecule has 0 unspecified atom stereocenters. The predicted octanol–water partition coefficient (Wildman–Crippen LogP) is 4.47. The van der Waals surface area contributed by atoms with E-state index in [0.29, 0.717) is 26.3 Å². The van der Waals surface area contributed by atoms with E-state index >= 15 is 0 Å². The Balaban J connectivity index is 1.28. The van der Waals surface area contributed by atoms with Crippen molar-refractivity contribution in [1.82, 2.24) is 20.1 Å². The lowest BCUT2D eigenvalue weighted by Crippen LogP contribution is -2.36. The van der Waals surface area contributed by atoms with Crippen LogP contribution in [0.5, 0.6) is 0 Å². The lowest BCUT2D eigenvalue weighted by atomic mass is 10.1. The van der Waals surface area contributed by atoms with E-state index in [4.69, 9.17) is 9.84 Å². The minimum absolute atomic E-state index is 0.157. The van der Waals surface area contributed by atoms with E-state index in [1.807, 2.05) is 47.3 Å². The van der Waals surface area contributed by atoms with Gasteiger partial charge in [-0.3, -0.25) is 9.48 Å². The van der Waals surface area contributed by atoms with Gasteiger partial charge >= 0.3 is 0 Å². The standard InChI is InChI=1S/C30H31N5O2/c1-23-7-9-26(10-8-23)30-27(22-35(33-30)21-24-5-3-2-4-6-24)11-12-29(36)32-20-25-13-14-31-28(19-25)34-15-17-37-18-16-34/h2-14,19,22H,15-18,20-21H2,1H3,(H,32,36)/b12-11+. The molecule has 0 atom stereocenters. The number of nitrogens with one attached hydrogen (secondary N) is 1. The molecule has 0 spiro atoms. The third-order valence-corrected chi connectivity index (χ3v) is 6.33. The number of nitrogens with zero attached hydrogens (tertiary/aromatic N) is 4. The summed E-state index contributed by atoms with van der Waals surface area (Å²) in [6, 6.07) is 22.5. The van der Waals surface area contributed by atoms with Crippen molar-refractivity contribution in [3.8, 4) is 11.3 Å². The summed E-state index contributed by atoms with van der Waals surface area (Å²) >= 11 is 0. The molecule has 2 aromatic carbocycles. The van der Waals surface area contributed by atoms with Crippen LogP contribution in [0.2, 0.25) is 0 Å². The summed E-state index contributed by atoms with van der Waals surface area (Å²) in [5.41, 5.74) is 6.14. The van der Waals surface area contributed by atoms with Crippen LogP contribution in [0.25, 0.3) is 17.3 Å². The van der Waals surface area contributed by atoms with Crippen molar-refractivity contribution in [3.05, 3.63) is 107 Å². The van der Waals surface area contributed by atoms with Gasteiger partial charge in [-0.15, -0.1) is 0 Å². The summed E-state index contributed by atoms with van der Waals surface area (Å²) in [4.78, 5) is 19.4. The van der Waals surface area contributed by atoms with Crippen molar-refractivity contribution in [2.75, 3.05) is 31.2 Å². The number of aromatic nitrogens is 3. The van der Waals surface area contributed by atoms with Crippen molar-refractivity contribution >= 4 is 17.8 Å². The molecule has 2 aromatic heterocycles. The summed E-state index contributed by atoms with van der Waals surface area (Å²) in [5.74, 6) is 0.759. The first-order valence-corrected chi connectivity index (χ1v) is 12.6. The van der Waals surface area contributed by atoms with Gasteiger partial charge in [0.2, 0.25) is 5.91 Å². The van der Waals surface area contributed by atoms with Gasteiger partial charge in [0, 0.05) is 49.2 Å². The molecule has 1 aliphatic heterocycles. The minimum Gasteiger partial charge on any atom is -0.378 e. The number of aryl methyl sites for hydroxylation is 1. The van der Waals surface area contributed by atoms with Crippen molar-refractivity contribution in [2.45, 2.75) is 20.0 Å². The topological polar surface area (TPSA) is 72.3 Å². The monoisotopic (exact) mass is 493 g/mol. The van der Waals surface area contributed by atoms with Crippen molar-refractivity contribution in [1.29, 1.82) is 0 Å². The maximum atomic E-state index is 12.7. The summed E-state index contributed by atoms with van der Waals surface area (Å²) < 4.78 is 7.35. The minimum atomic E-state index is -0.157. The van der Waals surface area contributed by atoms with Crippen molar-refractivity contribution in [2.24, 2.45) is 0 Å². The van der Waals surface area contributed by atoms with E-state index < -0.39 is 0 Å². The summed E-state index contributed by atoms with van der Waals surface area (Å²) in [5, 5.41) is 7.83. The van der Waals surface area contributed by atoms with Gasteiger partial charge in [0.1, 0.15) is 5.82 Å². The average molecular weight is 494 g/mol. The smallest absolute Gasteiger partial charge is 0.244 e. The number of benzene rings is 2. The molecular weight excluding hydrogens is 462 g/mol. The van der Waals surface area contributed by atoms with Crippen LogP contribution in [0, 0.1) is 6.92 Å². The SMILES string of the molecule is Cc1ccc(-c2nn(Cc3ccccc3)cc2/C=C/C(=O)NCc2ccnc(N3CCOCC3)c2)cc1. The van der Waals surface area contributed by atoms with Crippen LogP contribution in [0.15, 0.2) is 85.2 Å². The second kappa shape index (κ2) is 11.7. The van der Waals surface area contributed by atoms with E-state index in [2.05, 4.69) is 58.5 Å². The molecular formula is C30H31N5O2. The zero-order valence-electron chi connectivity index (χ0n) is 21.0. The van der Waals surface area contributed by atoms with E-state index in [-0.39, 0.29) is 5.91 Å². The number of carbonyl (C=O) groups is 1. The largest absolute Gasteiger partial charge is 0.378 e. The number of carbonyl (C=O) groups excluding carboxylic acids is 1. The highest BCUT2D eigenvalue weighted by Gasteiger charge is 2.13. The fourth-order valence-electron chi connectivity index (χ4n) is 4.30. The van der Waals surface area contributed by atoms with Crippen LogP contribution in [0.1, 0.15) is 22.3 Å². The molecule has 5 rings (SSSR count). The number of hydrogen-bond donors (Lipinski definition) is 1. The molecule has 0 radical (unpaired) electrons. The van der Waals surface area contributed by atoms with E-state index in [9.17, 15) is 4.79 Å². The zero-order chi connectivity index (χ0) is 25.5. The molecule has 1 amide bonds. The van der Waals surface area contributed by atoms with Crippen molar-refractivity contribution in [3.63, 3.8) is 0 Å². The Bertz CT molecular complexity index is 1360. The number of hydrogen-bond acceptors (Lipinski definition) is 5. The van der Waals surface area contributed by atoms with Gasteiger partial charge in [0.25, 0.3) is 0 Å². The third kappa shape index (κ3) is 6.51. The fraction of sp³-hybridized carbons (Fsp3) is 0.233. The first-order chi connectivity index (χ1) is 18.1. The highest BCUT2D eigenvalue weighted by Crippen LogP contribution is 2.24. The molecule has 1 fully saturated rings. The fourth-order valence-corrected chi connectivity index (χ4v) is 4.30. The molecule has 0 bridgehead atoms. The van der Waals surface area contributed by atoms with Gasteiger partial charge in [0.15, 0.2) is 0 Å². The van der Waals surface area contributed by atoms with Gasteiger partial charge in [-0.05, 0) is 36.3 Å². The molecule has 1 saturated heterocycles. The van der Waals surface area contributed by atoms with Crippen LogP contribution >= 0.6 is 0 Å². The molecule has 0 saturated carbocycles. The second-order valence-electron chi connectivity index (χ2n) is 9.16. The number of pyridine rings is 1. The molecule has 4 aromatic rings. The molecule has 1 aliphatic rings. The number of morpholine rings is 1. The Hall–Kier alpha value is -4.23. The van der Waals surface area contributed by atoms with E-state index in [1.54, 1.807) is 12.3 Å². The molecule has 37 heavy (non-hydrogen) atoms. The highest BCUT2D eigenvalue weighted by molar-refractivity contribution is 5.92. The Morgan fingerprint density at radius 1 is 1.03 bits per heavy atom. The number of anilines is 1. The van der Waals surface area contributed by atoms with Crippen LogP contribution in [-0.4, -0.2) is 47.0 Å². The lowest BCUT2D eigenvalue weighted by molar-refractivity contribution is -0.116. The van der Waals surface area contributed by atoms with Gasteiger partial charge < -0.3 is 15.0 Å². The van der Waals surface area contributed by atoms with Gasteiger partial charge in [-0.25, -0.2) is 4.98 Å². The Kier molecular flexibility index (Phi) is 7.72. The first kappa shape index (κ1) is 24.5. The summed E-state index contributed by atoms with van der Waals surface area (Å²) in [7, 11) is 0. The van der Waals surface area contributed by atoms with Gasteiger partial charge in [0.05, 0.1) is 25.5 Å².